The van der Waals surface area contributed by atoms with Gasteiger partial charge in [0.2, 0.25) is 5.91 Å². The first-order valence-electron chi connectivity index (χ1n) is 10.0. The van der Waals surface area contributed by atoms with Crippen molar-refractivity contribution in [3.8, 4) is 0 Å². The first-order chi connectivity index (χ1) is 12.2. The van der Waals surface area contributed by atoms with Crippen LogP contribution in [0.4, 0.5) is 5.69 Å². The second-order valence-corrected chi connectivity index (χ2v) is 7.59. The Morgan fingerprint density at radius 1 is 1.20 bits per heavy atom. The van der Waals surface area contributed by atoms with E-state index in [0.29, 0.717) is 6.42 Å². The number of hydrogen-bond donors (Lipinski definition) is 1. The lowest BCUT2D eigenvalue weighted by Crippen LogP contribution is -2.40. The van der Waals surface area contributed by atoms with Crippen LogP contribution in [0.15, 0.2) is 24.3 Å². The molecule has 25 heavy (non-hydrogen) atoms. The summed E-state index contributed by atoms with van der Waals surface area (Å²) < 4.78 is 0. The smallest absolute Gasteiger partial charge is 0.221 e. The zero-order valence-corrected chi connectivity index (χ0v) is 15.7. The maximum Gasteiger partial charge on any atom is 0.221 e. The quantitative estimate of drug-likeness (QED) is 0.826. The molecule has 1 aliphatic heterocycles. The van der Waals surface area contributed by atoms with Crippen LogP contribution in [-0.4, -0.2) is 50.1 Å². The number of benzene rings is 1. The third-order valence-electron chi connectivity index (χ3n) is 5.80. The van der Waals surface area contributed by atoms with E-state index in [1.54, 1.807) is 0 Å². The lowest BCUT2D eigenvalue weighted by molar-refractivity contribution is -0.120. The van der Waals surface area contributed by atoms with E-state index in [1.807, 2.05) is 0 Å². The molecule has 0 aromatic heterocycles. The lowest BCUT2D eigenvalue weighted by Gasteiger charge is -2.31. The normalized spacial score (nSPS) is 18.2. The minimum Gasteiger partial charge on any atom is -0.371 e. The topological polar surface area (TPSA) is 35.6 Å². The number of para-hydroxylation sites is 1. The van der Waals surface area contributed by atoms with Gasteiger partial charge in [0.05, 0.1) is 0 Å². The van der Waals surface area contributed by atoms with Crippen molar-refractivity contribution in [1.29, 1.82) is 0 Å². The van der Waals surface area contributed by atoms with Gasteiger partial charge in [-0.25, -0.2) is 0 Å². The first kappa shape index (κ1) is 18.2. The molecule has 4 heteroatoms. The van der Waals surface area contributed by atoms with Gasteiger partial charge in [-0.2, -0.15) is 0 Å². The van der Waals surface area contributed by atoms with Gasteiger partial charge in [-0.1, -0.05) is 37.5 Å². The summed E-state index contributed by atoms with van der Waals surface area (Å²) in [4.78, 5) is 17.0. The minimum atomic E-state index is 0.181. The monoisotopic (exact) mass is 343 g/mol. The van der Waals surface area contributed by atoms with E-state index in [4.69, 9.17) is 0 Å². The number of amides is 1. The van der Waals surface area contributed by atoms with Crippen LogP contribution in [0.1, 0.15) is 50.5 Å². The van der Waals surface area contributed by atoms with Gasteiger partial charge >= 0.3 is 0 Å². The van der Waals surface area contributed by atoms with Gasteiger partial charge in [0.15, 0.2) is 0 Å². The Labute approximate surface area is 152 Å². The molecule has 1 fully saturated rings. The van der Waals surface area contributed by atoms with Crippen molar-refractivity contribution < 1.29 is 4.79 Å². The Morgan fingerprint density at radius 2 is 2.00 bits per heavy atom. The summed E-state index contributed by atoms with van der Waals surface area (Å²) in [6.07, 6.45) is 9.67. The zero-order valence-electron chi connectivity index (χ0n) is 15.7. The minimum absolute atomic E-state index is 0.181. The van der Waals surface area contributed by atoms with Crippen LogP contribution in [0.3, 0.4) is 0 Å². The summed E-state index contributed by atoms with van der Waals surface area (Å²) in [7, 11) is 2.20. The molecule has 1 saturated carbocycles. The molecule has 138 valence electrons. The maximum absolute atomic E-state index is 12.2. The van der Waals surface area contributed by atoms with E-state index in [0.717, 1.165) is 38.6 Å². The van der Waals surface area contributed by atoms with Crippen LogP contribution >= 0.6 is 0 Å². The van der Waals surface area contributed by atoms with Crippen LogP contribution in [0.2, 0.25) is 0 Å². The molecular weight excluding hydrogens is 310 g/mol. The van der Waals surface area contributed by atoms with E-state index >= 15 is 0 Å². The second-order valence-electron chi connectivity index (χ2n) is 7.59. The van der Waals surface area contributed by atoms with Gasteiger partial charge < -0.3 is 15.1 Å². The molecule has 1 aliphatic carbocycles. The van der Waals surface area contributed by atoms with Crippen molar-refractivity contribution in [2.45, 2.75) is 57.4 Å². The number of aryl methyl sites for hydroxylation is 1. The van der Waals surface area contributed by atoms with E-state index in [1.165, 1.54) is 49.8 Å². The number of nitrogens with zero attached hydrogens (tertiary/aromatic N) is 2. The molecule has 0 saturated heterocycles. The van der Waals surface area contributed by atoms with Crippen LogP contribution in [0.25, 0.3) is 0 Å². The molecule has 3 rings (SSSR count). The highest BCUT2D eigenvalue weighted by molar-refractivity contribution is 5.76. The molecule has 1 amide bonds. The van der Waals surface area contributed by atoms with Crippen molar-refractivity contribution in [2.75, 3.05) is 38.1 Å². The highest BCUT2D eigenvalue weighted by Crippen LogP contribution is 2.26. The fourth-order valence-electron chi connectivity index (χ4n) is 4.24. The van der Waals surface area contributed by atoms with Gasteiger partial charge in [0, 0.05) is 44.3 Å². The number of fused-ring (bicyclic) bond motifs is 1. The molecule has 0 radical (unpaired) electrons. The fourth-order valence-corrected chi connectivity index (χ4v) is 4.24. The Kier molecular flexibility index (Phi) is 6.74. The number of likely N-dealkylation sites (N-methyl/N-ethyl adjacent to an activating group) is 1. The summed E-state index contributed by atoms with van der Waals surface area (Å²) >= 11 is 0. The van der Waals surface area contributed by atoms with Crippen LogP contribution in [0.5, 0.6) is 0 Å². The number of anilines is 1. The Morgan fingerprint density at radius 3 is 2.84 bits per heavy atom. The molecule has 2 aliphatic rings. The number of rotatable bonds is 7. The summed E-state index contributed by atoms with van der Waals surface area (Å²) in [6.45, 7) is 3.61. The van der Waals surface area contributed by atoms with E-state index < -0.39 is 0 Å². The number of carbonyl (C=O) groups is 1. The van der Waals surface area contributed by atoms with Crippen molar-refractivity contribution in [3.05, 3.63) is 29.8 Å². The van der Waals surface area contributed by atoms with Crippen molar-refractivity contribution in [3.63, 3.8) is 0 Å². The fraction of sp³-hybridized carbons (Fsp3) is 0.667. The predicted molar refractivity (Wildman–Crippen MR) is 104 cm³/mol. The average Bonchev–Trinajstić information content (AvgIpc) is 2.67. The van der Waals surface area contributed by atoms with E-state index in [9.17, 15) is 4.79 Å². The van der Waals surface area contributed by atoms with Gasteiger partial charge in [-0.05, 0) is 44.4 Å². The van der Waals surface area contributed by atoms with Gasteiger partial charge in [-0.3, -0.25) is 4.79 Å². The summed E-state index contributed by atoms with van der Waals surface area (Å²) in [5, 5.41) is 3.11. The number of nitrogens with one attached hydrogen (secondary N) is 1. The molecular formula is C21H33N3O. The van der Waals surface area contributed by atoms with E-state index in [2.05, 4.69) is 46.4 Å². The lowest BCUT2D eigenvalue weighted by atomic mass is 9.94. The Balaban J connectivity index is 1.36. The maximum atomic E-state index is 12.2. The predicted octanol–water partition coefficient (Wildman–Crippen LogP) is 3.21. The van der Waals surface area contributed by atoms with Crippen LogP contribution in [0, 0.1) is 0 Å². The third kappa shape index (κ3) is 5.21. The van der Waals surface area contributed by atoms with Crippen LogP contribution < -0.4 is 10.2 Å². The Hall–Kier alpha value is -1.55. The van der Waals surface area contributed by atoms with Crippen molar-refractivity contribution >= 4 is 11.6 Å². The SMILES string of the molecule is CN(CCNC(=O)CCN1CCCc2ccccc21)C1CCCCC1. The molecule has 0 unspecified atom stereocenters. The zero-order chi connectivity index (χ0) is 17.5. The molecule has 1 N–H and O–H groups in total. The molecule has 1 aromatic carbocycles. The second kappa shape index (κ2) is 9.23. The molecule has 1 aromatic rings. The van der Waals surface area contributed by atoms with Gasteiger partial charge in [0.25, 0.3) is 0 Å². The summed E-state index contributed by atoms with van der Waals surface area (Å²) in [5.41, 5.74) is 2.74. The standard InChI is InChI=1S/C21H33N3O/c1-23(19-10-3-2-4-11-19)17-14-22-21(25)13-16-24-15-7-9-18-8-5-6-12-20(18)24/h5-6,8,12,19H,2-4,7,9-11,13-17H2,1H3,(H,22,25). The summed E-state index contributed by atoms with van der Waals surface area (Å²) in [6, 6.07) is 9.32. The van der Waals surface area contributed by atoms with E-state index in [-0.39, 0.29) is 5.91 Å². The average molecular weight is 344 g/mol. The van der Waals surface area contributed by atoms with Crippen molar-refractivity contribution in [2.24, 2.45) is 0 Å². The molecule has 0 atom stereocenters. The van der Waals surface area contributed by atoms with Crippen molar-refractivity contribution in [1.82, 2.24) is 10.2 Å². The number of carbonyl (C=O) groups excluding carboxylic acids is 1. The number of hydrogen-bond acceptors (Lipinski definition) is 3. The largest absolute Gasteiger partial charge is 0.371 e. The first-order valence-corrected chi connectivity index (χ1v) is 10.0. The molecule has 4 nitrogen and oxygen atoms in total. The Bertz CT molecular complexity index is 554. The molecule has 0 bridgehead atoms. The highest BCUT2D eigenvalue weighted by atomic mass is 16.1. The van der Waals surface area contributed by atoms with Gasteiger partial charge in [0.1, 0.15) is 0 Å². The third-order valence-corrected chi connectivity index (χ3v) is 5.80. The van der Waals surface area contributed by atoms with Gasteiger partial charge in [-0.15, -0.1) is 0 Å². The molecule has 1 heterocycles. The highest BCUT2D eigenvalue weighted by Gasteiger charge is 2.18. The van der Waals surface area contributed by atoms with Crippen LogP contribution in [-0.2, 0) is 11.2 Å². The summed E-state index contributed by atoms with van der Waals surface area (Å²) in [5.74, 6) is 0.181. The molecule has 0 spiro atoms.